The molecule has 1 aromatic carbocycles. The first-order valence-electron chi connectivity index (χ1n) is 7.04. The Labute approximate surface area is 136 Å². The summed E-state index contributed by atoms with van der Waals surface area (Å²) < 4.78 is 0. The lowest BCUT2D eigenvalue weighted by Crippen LogP contribution is -2.44. The number of rotatable bonds is 2. The van der Waals surface area contributed by atoms with Crippen molar-refractivity contribution in [1.82, 2.24) is 10.2 Å². The molecule has 0 aliphatic carbocycles. The van der Waals surface area contributed by atoms with Gasteiger partial charge in [0.15, 0.2) is 0 Å². The van der Waals surface area contributed by atoms with E-state index in [1.807, 2.05) is 0 Å². The highest BCUT2D eigenvalue weighted by Crippen LogP contribution is 2.26. The van der Waals surface area contributed by atoms with Crippen molar-refractivity contribution in [2.24, 2.45) is 0 Å². The van der Waals surface area contributed by atoms with Crippen LogP contribution in [0.1, 0.15) is 44.9 Å². The molecule has 1 atom stereocenters. The van der Waals surface area contributed by atoms with Crippen LogP contribution in [0.25, 0.3) is 0 Å². The lowest BCUT2D eigenvalue weighted by atomic mass is 9.86. The van der Waals surface area contributed by atoms with E-state index >= 15 is 0 Å². The molecule has 116 valence electrons. The first-order valence-corrected chi connectivity index (χ1v) is 7.04. The van der Waals surface area contributed by atoms with Crippen molar-refractivity contribution in [2.75, 3.05) is 26.2 Å². The van der Waals surface area contributed by atoms with Crippen LogP contribution in [-0.4, -0.2) is 31.1 Å². The highest BCUT2D eigenvalue weighted by molar-refractivity contribution is 5.85. The average molecular weight is 319 g/mol. The molecule has 0 saturated carbocycles. The van der Waals surface area contributed by atoms with Crippen molar-refractivity contribution in [3.8, 4) is 0 Å². The molecule has 0 unspecified atom stereocenters. The maximum absolute atomic E-state index is 3.41. The molecule has 1 fully saturated rings. The first-order chi connectivity index (χ1) is 8.48. The zero-order valence-corrected chi connectivity index (χ0v) is 14.6. The highest BCUT2D eigenvalue weighted by Gasteiger charge is 2.19. The molecule has 2 nitrogen and oxygen atoms in total. The Morgan fingerprint density at radius 2 is 1.50 bits per heavy atom. The van der Waals surface area contributed by atoms with Crippen molar-refractivity contribution < 1.29 is 0 Å². The largest absolute Gasteiger partial charge is 0.314 e. The molecule has 1 N–H and O–H groups in total. The van der Waals surface area contributed by atoms with Gasteiger partial charge in [0, 0.05) is 32.2 Å². The Kier molecular flexibility index (Phi) is 8.12. The van der Waals surface area contributed by atoms with Crippen LogP contribution in [0, 0.1) is 0 Å². The van der Waals surface area contributed by atoms with Gasteiger partial charge in [0.25, 0.3) is 0 Å². The Morgan fingerprint density at radius 1 is 1.00 bits per heavy atom. The molecule has 0 radical (unpaired) electrons. The lowest BCUT2D eigenvalue weighted by Gasteiger charge is -2.33. The monoisotopic (exact) mass is 318 g/mol. The molecule has 0 aromatic heterocycles. The van der Waals surface area contributed by atoms with Gasteiger partial charge in [-0.15, -0.1) is 24.8 Å². The van der Waals surface area contributed by atoms with Crippen LogP contribution < -0.4 is 5.32 Å². The van der Waals surface area contributed by atoms with Gasteiger partial charge in [-0.25, -0.2) is 0 Å². The smallest absolute Gasteiger partial charge is 0.0320 e. The van der Waals surface area contributed by atoms with Gasteiger partial charge < -0.3 is 5.32 Å². The Hall–Kier alpha value is -0.280. The molecule has 2 rings (SSSR count). The van der Waals surface area contributed by atoms with E-state index < -0.39 is 0 Å². The second-order valence-electron chi connectivity index (χ2n) is 6.33. The van der Waals surface area contributed by atoms with Crippen LogP contribution in [0.4, 0.5) is 0 Å². The minimum absolute atomic E-state index is 0. The summed E-state index contributed by atoms with van der Waals surface area (Å²) in [4.78, 5) is 2.56. The van der Waals surface area contributed by atoms with Crippen LogP contribution in [0.5, 0.6) is 0 Å². The maximum atomic E-state index is 3.41. The number of halogens is 2. The van der Waals surface area contributed by atoms with Crippen LogP contribution in [0.2, 0.25) is 0 Å². The van der Waals surface area contributed by atoms with Crippen molar-refractivity contribution >= 4 is 24.8 Å². The molecule has 1 heterocycles. The summed E-state index contributed by atoms with van der Waals surface area (Å²) >= 11 is 0. The molecule has 1 aliphatic rings. The zero-order chi connectivity index (χ0) is 13.2. The summed E-state index contributed by atoms with van der Waals surface area (Å²) in [7, 11) is 0. The highest BCUT2D eigenvalue weighted by atomic mass is 35.5. The molecule has 20 heavy (non-hydrogen) atoms. The van der Waals surface area contributed by atoms with Gasteiger partial charge in [0.1, 0.15) is 0 Å². The van der Waals surface area contributed by atoms with Gasteiger partial charge in [-0.05, 0) is 23.5 Å². The van der Waals surface area contributed by atoms with E-state index in [1.54, 1.807) is 0 Å². The van der Waals surface area contributed by atoms with Crippen molar-refractivity contribution in [3.05, 3.63) is 35.4 Å². The van der Waals surface area contributed by atoms with Gasteiger partial charge in [0.05, 0.1) is 0 Å². The Balaban J connectivity index is 0.00000180. The van der Waals surface area contributed by atoms with Crippen LogP contribution >= 0.6 is 24.8 Å². The van der Waals surface area contributed by atoms with Crippen LogP contribution in [-0.2, 0) is 5.41 Å². The third-order valence-electron chi connectivity index (χ3n) is 3.96. The van der Waals surface area contributed by atoms with Gasteiger partial charge in [-0.1, -0.05) is 45.0 Å². The van der Waals surface area contributed by atoms with Crippen LogP contribution in [0.3, 0.4) is 0 Å². The maximum Gasteiger partial charge on any atom is 0.0320 e. The second kappa shape index (κ2) is 8.23. The summed E-state index contributed by atoms with van der Waals surface area (Å²) in [6, 6.07) is 9.70. The fourth-order valence-electron chi connectivity index (χ4n) is 2.54. The molecule has 0 amide bonds. The van der Waals surface area contributed by atoms with E-state index in [0.717, 1.165) is 26.2 Å². The van der Waals surface area contributed by atoms with Gasteiger partial charge in [0.2, 0.25) is 0 Å². The summed E-state index contributed by atoms with van der Waals surface area (Å²) in [6.45, 7) is 13.7. The van der Waals surface area contributed by atoms with Crippen molar-refractivity contribution in [1.29, 1.82) is 0 Å². The van der Waals surface area contributed by atoms with E-state index in [9.17, 15) is 0 Å². The molecular weight excluding hydrogens is 291 g/mol. The number of piperazine rings is 1. The number of hydrogen-bond acceptors (Lipinski definition) is 2. The second-order valence-corrected chi connectivity index (χ2v) is 6.33. The van der Waals surface area contributed by atoms with Crippen molar-refractivity contribution in [3.63, 3.8) is 0 Å². The molecule has 1 aliphatic heterocycles. The average Bonchev–Trinajstić information content (AvgIpc) is 2.38. The summed E-state index contributed by atoms with van der Waals surface area (Å²) in [5, 5.41) is 3.41. The molecule has 1 aromatic rings. The molecule has 0 spiro atoms. The van der Waals surface area contributed by atoms with Gasteiger partial charge in [-0.2, -0.15) is 0 Å². The normalized spacial score (nSPS) is 17.8. The number of nitrogens with one attached hydrogen (secondary N) is 1. The third-order valence-corrected chi connectivity index (χ3v) is 3.96. The number of hydrogen-bond donors (Lipinski definition) is 1. The summed E-state index contributed by atoms with van der Waals surface area (Å²) in [5.41, 5.74) is 3.10. The predicted molar refractivity (Wildman–Crippen MR) is 92.5 cm³/mol. The Bertz CT molecular complexity index is 378. The van der Waals surface area contributed by atoms with E-state index in [1.165, 1.54) is 11.1 Å². The summed E-state index contributed by atoms with van der Waals surface area (Å²) in [6.07, 6.45) is 0. The minimum atomic E-state index is 0. The fraction of sp³-hybridized carbons (Fsp3) is 0.625. The van der Waals surface area contributed by atoms with E-state index in [-0.39, 0.29) is 30.2 Å². The van der Waals surface area contributed by atoms with Crippen LogP contribution in [0.15, 0.2) is 24.3 Å². The van der Waals surface area contributed by atoms with E-state index in [2.05, 4.69) is 62.2 Å². The predicted octanol–water partition coefficient (Wildman–Crippen LogP) is 3.79. The van der Waals surface area contributed by atoms with Gasteiger partial charge in [-0.3, -0.25) is 4.90 Å². The number of benzene rings is 1. The molecule has 0 bridgehead atoms. The fourth-order valence-corrected chi connectivity index (χ4v) is 2.54. The SMILES string of the molecule is C[C@H](c1ccc(C(C)(C)C)cc1)N1CCNCC1.Cl.Cl. The number of nitrogens with zero attached hydrogens (tertiary/aromatic N) is 1. The molecular formula is C16H28Cl2N2. The standard InChI is InChI=1S/C16H26N2.2ClH/c1-13(18-11-9-17-10-12-18)14-5-7-15(8-6-14)16(2,3)4;;/h5-8,13,17H,9-12H2,1-4H3;2*1H/t13-;;/m1../s1. The first kappa shape index (κ1) is 19.7. The third kappa shape index (κ3) is 4.92. The van der Waals surface area contributed by atoms with Gasteiger partial charge >= 0.3 is 0 Å². The minimum Gasteiger partial charge on any atom is -0.314 e. The van der Waals surface area contributed by atoms with E-state index in [4.69, 9.17) is 0 Å². The molecule has 4 heteroatoms. The van der Waals surface area contributed by atoms with Crippen molar-refractivity contribution in [2.45, 2.75) is 39.2 Å². The lowest BCUT2D eigenvalue weighted by molar-refractivity contribution is 0.185. The zero-order valence-electron chi connectivity index (χ0n) is 13.0. The summed E-state index contributed by atoms with van der Waals surface area (Å²) in [5.74, 6) is 0. The quantitative estimate of drug-likeness (QED) is 0.892. The topological polar surface area (TPSA) is 15.3 Å². The Morgan fingerprint density at radius 3 is 1.95 bits per heavy atom. The van der Waals surface area contributed by atoms with E-state index in [0.29, 0.717) is 6.04 Å². The molecule has 1 saturated heterocycles.